The van der Waals surface area contributed by atoms with E-state index in [1.54, 1.807) is 9.47 Å². The Morgan fingerprint density at radius 2 is 1.79 bits per heavy atom. The van der Waals surface area contributed by atoms with Crippen LogP contribution in [0.25, 0.3) is 16.7 Å². The van der Waals surface area contributed by atoms with E-state index in [4.69, 9.17) is 16.6 Å². The molecule has 39 heavy (non-hydrogen) atoms. The lowest BCUT2D eigenvalue weighted by Crippen LogP contribution is -2.54. The molecule has 2 fully saturated rings. The third-order valence-corrected chi connectivity index (χ3v) is 8.32. The Bertz CT molecular complexity index is 1470. The van der Waals surface area contributed by atoms with Crippen LogP contribution >= 0.6 is 11.6 Å². The molecule has 5 rings (SSSR count). The van der Waals surface area contributed by atoms with Crippen molar-refractivity contribution in [2.24, 2.45) is 0 Å². The van der Waals surface area contributed by atoms with Crippen molar-refractivity contribution in [3.63, 3.8) is 0 Å². The number of anilines is 2. The van der Waals surface area contributed by atoms with Crippen molar-refractivity contribution in [1.29, 1.82) is 0 Å². The highest BCUT2D eigenvalue weighted by molar-refractivity contribution is 6.33. The first-order chi connectivity index (χ1) is 18.7. The van der Waals surface area contributed by atoms with Crippen LogP contribution < -0.4 is 15.5 Å². The van der Waals surface area contributed by atoms with Crippen molar-refractivity contribution in [3.8, 4) is 5.69 Å². The first-order valence-corrected chi connectivity index (χ1v) is 14.3. The maximum absolute atomic E-state index is 13.9. The lowest BCUT2D eigenvalue weighted by Gasteiger charge is -2.40. The molecule has 1 aromatic carbocycles. The van der Waals surface area contributed by atoms with Crippen molar-refractivity contribution in [2.45, 2.75) is 65.0 Å². The lowest BCUT2D eigenvalue weighted by atomic mass is 10.0. The molecule has 0 radical (unpaired) electrons. The number of piperidine rings is 1. The monoisotopic (exact) mass is 548 g/mol. The van der Waals surface area contributed by atoms with Crippen LogP contribution in [0, 0.1) is 0 Å². The third kappa shape index (κ3) is 5.02. The van der Waals surface area contributed by atoms with Crippen LogP contribution in [-0.2, 0) is 4.79 Å². The van der Waals surface area contributed by atoms with Crippen molar-refractivity contribution in [1.82, 2.24) is 19.4 Å². The first-order valence-electron chi connectivity index (χ1n) is 13.9. The Labute approximate surface area is 234 Å². The molecule has 0 spiro atoms. The molecule has 0 aliphatic carbocycles. The van der Waals surface area contributed by atoms with Crippen molar-refractivity contribution < 1.29 is 4.79 Å². The number of benzene rings is 1. The first kappa shape index (κ1) is 27.2. The topological polar surface area (TPSA) is 74.6 Å². The number of carbonyl (C=O) groups excluding carboxylic acids is 1. The zero-order chi connectivity index (χ0) is 27.8. The van der Waals surface area contributed by atoms with Crippen LogP contribution in [0.5, 0.6) is 0 Å². The zero-order valence-electron chi connectivity index (χ0n) is 23.2. The SMILES string of the molecule is C=CC(=O)N1CCN(c2nc(=O)n(-c3ccccc3C(C)C)c3nc(N4CCCCC4C)c(Cl)cc23)C(C)C1. The highest BCUT2D eigenvalue weighted by Crippen LogP contribution is 2.36. The van der Waals surface area contributed by atoms with Crippen LogP contribution in [0.15, 0.2) is 47.8 Å². The van der Waals surface area contributed by atoms with Gasteiger partial charge in [-0.2, -0.15) is 4.98 Å². The van der Waals surface area contributed by atoms with Gasteiger partial charge in [0, 0.05) is 38.3 Å². The molecular weight excluding hydrogens is 512 g/mol. The lowest BCUT2D eigenvalue weighted by molar-refractivity contribution is -0.126. The summed E-state index contributed by atoms with van der Waals surface area (Å²) in [6.45, 7) is 14.5. The molecular formula is C30H37ClN6O2. The average molecular weight is 549 g/mol. The van der Waals surface area contributed by atoms with E-state index >= 15 is 0 Å². The second-order valence-electron chi connectivity index (χ2n) is 11.0. The van der Waals surface area contributed by atoms with E-state index in [2.05, 4.69) is 42.1 Å². The number of amides is 1. The molecule has 2 saturated heterocycles. The van der Waals surface area contributed by atoms with Crippen molar-refractivity contribution >= 4 is 40.2 Å². The molecule has 1 amide bonds. The van der Waals surface area contributed by atoms with Crippen molar-refractivity contribution in [2.75, 3.05) is 36.0 Å². The molecule has 8 nitrogen and oxygen atoms in total. The van der Waals surface area contributed by atoms with Gasteiger partial charge in [0.05, 0.1) is 16.1 Å². The zero-order valence-corrected chi connectivity index (χ0v) is 24.0. The molecule has 0 bridgehead atoms. The number of pyridine rings is 1. The summed E-state index contributed by atoms with van der Waals surface area (Å²) < 4.78 is 1.64. The number of carbonyl (C=O) groups is 1. The van der Waals surface area contributed by atoms with Gasteiger partial charge < -0.3 is 14.7 Å². The molecule has 2 unspecified atom stereocenters. The Morgan fingerprint density at radius 1 is 1.05 bits per heavy atom. The molecule has 0 saturated carbocycles. The Morgan fingerprint density at radius 3 is 2.49 bits per heavy atom. The number of para-hydroxylation sites is 1. The number of fused-ring (bicyclic) bond motifs is 1. The predicted molar refractivity (Wildman–Crippen MR) is 158 cm³/mol. The summed E-state index contributed by atoms with van der Waals surface area (Å²) in [7, 11) is 0. The minimum atomic E-state index is -0.380. The second kappa shape index (κ2) is 11.0. The van der Waals surface area contributed by atoms with E-state index in [-0.39, 0.29) is 23.6 Å². The maximum Gasteiger partial charge on any atom is 0.355 e. The van der Waals surface area contributed by atoms with Gasteiger partial charge in [0.25, 0.3) is 0 Å². The van der Waals surface area contributed by atoms with Gasteiger partial charge in [-0.3, -0.25) is 4.79 Å². The summed E-state index contributed by atoms with van der Waals surface area (Å²) >= 11 is 6.95. The Balaban J connectivity index is 1.73. The van der Waals surface area contributed by atoms with E-state index in [9.17, 15) is 9.59 Å². The van der Waals surface area contributed by atoms with Crippen LogP contribution in [-0.4, -0.2) is 63.6 Å². The number of aromatic nitrogens is 3. The summed E-state index contributed by atoms with van der Waals surface area (Å²) in [6, 6.07) is 10.1. The van der Waals surface area contributed by atoms with Crippen molar-refractivity contribution in [3.05, 3.63) is 64.1 Å². The fourth-order valence-corrected chi connectivity index (χ4v) is 6.19. The number of rotatable bonds is 5. The fraction of sp³-hybridized carbons (Fsp3) is 0.467. The molecule has 2 aromatic heterocycles. The molecule has 3 aromatic rings. The number of hydrogen-bond acceptors (Lipinski definition) is 6. The summed E-state index contributed by atoms with van der Waals surface area (Å²) in [5.41, 5.74) is 2.00. The van der Waals surface area contributed by atoms with Gasteiger partial charge >= 0.3 is 5.69 Å². The van der Waals surface area contributed by atoms with E-state index < -0.39 is 0 Å². The van der Waals surface area contributed by atoms with Gasteiger partial charge in [-0.1, -0.05) is 50.2 Å². The van der Waals surface area contributed by atoms with E-state index in [0.717, 1.165) is 36.0 Å². The van der Waals surface area contributed by atoms with Crippen LogP contribution in [0.2, 0.25) is 5.02 Å². The van der Waals surface area contributed by atoms with E-state index in [1.165, 1.54) is 12.5 Å². The van der Waals surface area contributed by atoms with Crippen LogP contribution in [0.1, 0.15) is 58.4 Å². The minimum absolute atomic E-state index is 0.0582. The van der Waals surface area contributed by atoms with Gasteiger partial charge in [-0.15, -0.1) is 0 Å². The second-order valence-corrected chi connectivity index (χ2v) is 11.4. The summed E-state index contributed by atoms with van der Waals surface area (Å²) in [5, 5.41) is 1.27. The van der Waals surface area contributed by atoms with Gasteiger partial charge in [-0.25, -0.2) is 14.3 Å². The van der Waals surface area contributed by atoms with E-state index in [1.807, 2.05) is 37.3 Å². The number of nitrogens with zero attached hydrogens (tertiary/aromatic N) is 6. The molecule has 4 heterocycles. The quantitative estimate of drug-likeness (QED) is 0.410. The van der Waals surface area contributed by atoms with Gasteiger partial charge in [0.2, 0.25) is 5.91 Å². The minimum Gasteiger partial charge on any atom is -0.353 e. The Kier molecular flexibility index (Phi) is 7.67. The third-order valence-electron chi connectivity index (χ3n) is 8.04. The Hall–Kier alpha value is -3.39. The smallest absolute Gasteiger partial charge is 0.353 e. The number of piperazine rings is 1. The average Bonchev–Trinajstić information content (AvgIpc) is 2.92. The molecule has 206 valence electrons. The molecule has 9 heteroatoms. The number of hydrogen-bond donors (Lipinski definition) is 0. The maximum atomic E-state index is 13.9. The predicted octanol–water partition coefficient (Wildman–Crippen LogP) is 5.16. The normalized spacial score (nSPS) is 20.1. The molecule has 2 aliphatic rings. The van der Waals surface area contributed by atoms with Gasteiger partial charge in [0.1, 0.15) is 11.6 Å². The van der Waals surface area contributed by atoms with Gasteiger partial charge in [-0.05, 0) is 62.8 Å². The highest BCUT2D eigenvalue weighted by Gasteiger charge is 2.31. The summed E-state index contributed by atoms with van der Waals surface area (Å²) in [4.78, 5) is 42.1. The summed E-state index contributed by atoms with van der Waals surface area (Å²) in [5.74, 6) is 1.37. The highest BCUT2D eigenvalue weighted by atomic mass is 35.5. The molecule has 0 N–H and O–H groups in total. The fourth-order valence-electron chi connectivity index (χ4n) is 5.93. The molecule has 2 atom stereocenters. The standard InChI is InChI=1S/C30H37ClN6O2/c1-6-26(38)34-15-16-36(21(5)18-34)27-23-17-24(31)29(35-14-10-9-11-20(35)4)32-28(23)37(30(39)33-27)25-13-8-7-12-22(25)19(2)3/h6-8,12-13,17,19-21H,1,9-11,14-16,18H2,2-5H3. The summed E-state index contributed by atoms with van der Waals surface area (Å²) in [6.07, 6.45) is 4.68. The van der Waals surface area contributed by atoms with E-state index in [0.29, 0.717) is 48.0 Å². The van der Waals surface area contributed by atoms with Crippen LogP contribution in [0.4, 0.5) is 11.6 Å². The largest absolute Gasteiger partial charge is 0.355 e. The molecule has 2 aliphatic heterocycles. The van der Waals surface area contributed by atoms with Gasteiger partial charge in [0.15, 0.2) is 5.65 Å². The van der Waals surface area contributed by atoms with Crippen LogP contribution in [0.3, 0.4) is 0 Å². The number of halogens is 1.